The fraction of sp³-hybridized carbons (Fsp3) is 0.360. The predicted molar refractivity (Wildman–Crippen MR) is 136 cm³/mol. The Bertz CT molecular complexity index is 1370. The van der Waals surface area contributed by atoms with Crippen LogP contribution in [-0.4, -0.2) is 56.8 Å². The number of rotatable bonds is 9. The predicted octanol–water partition coefficient (Wildman–Crippen LogP) is 3.83. The van der Waals surface area contributed by atoms with Gasteiger partial charge in [0.25, 0.3) is 5.91 Å². The van der Waals surface area contributed by atoms with Crippen LogP contribution in [-0.2, 0) is 23.0 Å². The Balaban J connectivity index is 1.36. The van der Waals surface area contributed by atoms with Crippen LogP contribution in [0, 0.1) is 6.92 Å². The van der Waals surface area contributed by atoms with Crippen LogP contribution in [0.1, 0.15) is 33.7 Å². The van der Waals surface area contributed by atoms with Crippen molar-refractivity contribution in [1.82, 2.24) is 14.8 Å². The molecule has 11 heteroatoms. The molecule has 0 atom stereocenters. The Hall–Kier alpha value is -3.08. The summed E-state index contributed by atoms with van der Waals surface area (Å²) in [6.45, 7) is 2.48. The summed E-state index contributed by atoms with van der Waals surface area (Å²) >= 11 is 6.26. The summed E-state index contributed by atoms with van der Waals surface area (Å²) in [6, 6.07) is 10.8. The van der Waals surface area contributed by atoms with E-state index in [-0.39, 0.29) is 30.8 Å². The number of aryl methyl sites for hydroxylation is 1. The topological polar surface area (TPSA) is 111 Å². The molecule has 9 nitrogen and oxygen atoms in total. The van der Waals surface area contributed by atoms with E-state index in [2.05, 4.69) is 10.5 Å². The van der Waals surface area contributed by atoms with E-state index in [0.717, 1.165) is 11.1 Å². The lowest BCUT2D eigenvalue weighted by Gasteiger charge is -2.29. The molecule has 2 aromatic carbocycles. The Labute approximate surface area is 215 Å². The first-order chi connectivity index (χ1) is 17.2. The van der Waals surface area contributed by atoms with Crippen LogP contribution in [0.2, 0.25) is 5.02 Å². The van der Waals surface area contributed by atoms with Crippen molar-refractivity contribution in [3.63, 3.8) is 0 Å². The molecule has 0 aliphatic carbocycles. The number of hydrogen-bond acceptors (Lipinski definition) is 7. The Morgan fingerprint density at radius 2 is 1.86 bits per heavy atom. The van der Waals surface area contributed by atoms with E-state index in [1.807, 2.05) is 12.1 Å². The van der Waals surface area contributed by atoms with Gasteiger partial charge in [-0.25, -0.2) is 8.42 Å². The average molecular weight is 534 g/mol. The number of halogens is 1. The van der Waals surface area contributed by atoms with Gasteiger partial charge in [0, 0.05) is 25.2 Å². The van der Waals surface area contributed by atoms with Crippen molar-refractivity contribution in [3.05, 3.63) is 63.9 Å². The summed E-state index contributed by atoms with van der Waals surface area (Å²) in [6.07, 6.45) is 0.846. The minimum Gasteiger partial charge on any atom is -0.493 e. The number of ether oxygens (including phenoxy) is 2. The Morgan fingerprint density at radius 3 is 2.56 bits per heavy atom. The summed E-state index contributed by atoms with van der Waals surface area (Å²) in [4.78, 5) is 12.9. The molecular weight excluding hydrogens is 506 g/mol. The largest absolute Gasteiger partial charge is 0.493 e. The van der Waals surface area contributed by atoms with Crippen LogP contribution < -0.4 is 14.8 Å². The van der Waals surface area contributed by atoms with E-state index < -0.39 is 15.9 Å². The molecule has 1 aliphatic heterocycles. The van der Waals surface area contributed by atoms with Gasteiger partial charge in [-0.1, -0.05) is 35.0 Å². The number of nitrogens with zero attached hydrogens (tertiary/aromatic N) is 2. The Kier molecular flexibility index (Phi) is 7.87. The van der Waals surface area contributed by atoms with Crippen LogP contribution in [0.15, 0.2) is 40.9 Å². The third-order valence-electron chi connectivity index (χ3n) is 6.16. The molecular formula is C25H28ClN3O6S. The first-order valence-electron chi connectivity index (χ1n) is 11.5. The lowest BCUT2D eigenvalue weighted by atomic mass is 10.0. The molecule has 4 rings (SSSR count). The number of nitrogens with one attached hydrogen (secondary N) is 1. The zero-order valence-corrected chi connectivity index (χ0v) is 21.9. The summed E-state index contributed by atoms with van der Waals surface area (Å²) in [5.41, 5.74) is 3.16. The highest BCUT2D eigenvalue weighted by Crippen LogP contribution is 2.34. The minimum atomic E-state index is -3.52. The van der Waals surface area contributed by atoms with Crippen LogP contribution >= 0.6 is 11.6 Å². The molecule has 0 unspecified atom stereocenters. The number of methoxy groups -OCH3 is 2. The van der Waals surface area contributed by atoms with Crippen molar-refractivity contribution in [2.24, 2.45) is 0 Å². The van der Waals surface area contributed by atoms with Gasteiger partial charge in [-0.3, -0.25) is 4.79 Å². The van der Waals surface area contributed by atoms with Gasteiger partial charge in [-0.2, -0.15) is 4.31 Å². The van der Waals surface area contributed by atoms with Gasteiger partial charge in [-0.15, -0.1) is 0 Å². The third-order valence-corrected chi connectivity index (χ3v) is 8.39. The highest BCUT2D eigenvalue weighted by molar-refractivity contribution is 7.89. The normalized spacial score (nSPS) is 13.8. The van der Waals surface area contributed by atoms with Crippen molar-refractivity contribution in [3.8, 4) is 22.8 Å². The molecule has 0 saturated heterocycles. The number of carbonyl (C=O) groups excluding carboxylic acids is 1. The molecule has 192 valence electrons. The summed E-state index contributed by atoms with van der Waals surface area (Å²) < 4.78 is 43.4. The van der Waals surface area contributed by atoms with Crippen LogP contribution in [0.5, 0.6) is 11.5 Å². The third kappa shape index (κ3) is 5.35. The van der Waals surface area contributed by atoms with Crippen LogP contribution in [0.4, 0.5) is 0 Å². The van der Waals surface area contributed by atoms with E-state index in [1.54, 1.807) is 45.4 Å². The average Bonchev–Trinajstić information content (AvgIpc) is 3.26. The van der Waals surface area contributed by atoms with Gasteiger partial charge in [0.15, 0.2) is 11.5 Å². The van der Waals surface area contributed by atoms with Gasteiger partial charge in [0.2, 0.25) is 10.0 Å². The maximum Gasteiger partial charge on any atom is 0.257 e. The number of amides is 1. The highest BCUT2D eigenvalue weighted by Gasteiger charge is 2.28. The van der Waals surface area contributed by atoms with Gasteiger partial charge >= 0.3 is 0 Å². The van der Waals surface area contributed by atoms with E-state index in [0.29, 0.717) is 46.5 Å². The first-order valence-corrected chi connectivity index (χ1v) is 13.4. The second-order valence-corrected chi connectivity index (χ2v) is 10.9. The number of fused-ring (bicyclic) bond motifs is 1. The maximum atomic E-state index is 13.0. The second-order valence-electron chi connectivity index (χ2n) is 8.43. The number of aromatic nitrogens is 1. The zero-order chi connectivity index (χ0) is 25.9. The Morgan fingerprint density at radius 1 is 1.17 bits per heavy atom. The lowest BCUT2D eigenvalue weighted by molar-refractivity contribution is 0.0952. The summed E-state index contributed by atoms with van der Waals surface area (Å²) in [7, 11) is -0.392. The number of sulfonamides is 1. The molecule has 2 heterocycles. The molecule has 0 radical (unpaired) electrons. The molecule has 0 saturated carbocycles. The molecule has 0 fully saturated rings. The lowest BCUT2D eigenvalue weighted by Crippen LogP contribution is -2.38. The molecule has 1 amide bonds. The molecule has 1 N–H and O–H groups in total. The molecule has 0 bridgehead atoms. The maximum absolute atomic E-state index is 13.0. The van der Waals surface area contributed by atoms with Crippen molar-refractivity contribution in [2.45, 2.75) is 26.3 Å². The molecule has 1 aliphatic rings. The van der Waals surface area contributed by atoms with Crippen LogP contribution in [0.25, 0.3) is 11.3 Å². The van der Waals surface area contributed by atoms with Crippen molar-refractivity contribution >= 4 is 27.5 Å². The van der Waals surface area contributed by atoms with E-state index in [4.69, 9.17) is 25.6 Å². The SMILES string of the molecule is COc1cc2c(cc1OC)CN(S(=O)(=O)CCCNC(=O)c1c(-c3ccccc3Cl)noc1C)CC2. The first kappa shape index (κ1) is 26.0. The van der Waals surface area contributed by atoms with Gasteiger partial charge in [-0.05, 0) is 49.1 Å². The van der Waals surface area contributed by atoms with Gasteiger partial charge < -0.3 is 19.3 Å². The molecule has 36 heavy (non-hydrogen) atoms. The van der Waals surface area contributed by atoms with E-state index in [9.17, 15) is 13.2 Å². The quantitative estimate of drug-likeness (QED) is 0.416. The van der Waals surface area contributed by atoms with Crippen LogP contribution in [0.3, 0.4) is 0 Å². The van der Waals surface area contributed by atoms with Crippen molar-refractivity contribution in [1.29, 1.82) is 0 Å². The summed E-state index contributed by atoms with van der Waals surface area (Å²) in [5, 5.41) is 7.23. The monoisotopic (exact) mass is 533 g/mol. The minimum absolute atomic E-state index is 0.0874. The molecule has 1 aromatic heterocycles. The molecule has 3 aromatic rings. The number of carbonyl (C=O) groups is 1. The van der Waals surface area contributed by atoms with E-state index >= 15 is 0 Å². The molecule has 0 spiro atoms. The second kappa shape index (κ2) is 10.9. The highest BCUT2D eigenvalue weighted by atomic mass is 35.5. The van der Waals surface area contributed by atoms with Gasteiger partial charge in [0.05, 0.1) is 25.0 Å². The zero-order valence-electron chi connectivity index (χ0n) is 20.3. The fourth-order valence-electron chi connectivity index (χ4n) is 4.25. The summed E-state index contributed by atoms with van der Waals surface area (Å²) in [5.74, 6) is 1.07. The number of benzene rings is 2. The smallest absolute Gasteiger partial charge is 0.257 e. The van der Waals surface area contributed by atoms with Crippen molar-refractivity contribution in [2.75, 3.05) is 33.1 Å². The van der Waals surface area contributed by atoms with Crippen molar-refractivity contribution < 1.29 is 27.2 Å². The number of hydrogen-bond donors (Lipinski definition) is 1. The fourth-order valence-corrected chi connectivity index (χ4v) is 5.94. The van der Waals surface area contributed by atoms with E-state index in [1.165, 1.54) is 4.31 Å². The standard InChI is InChI=1S/C25H28ClN3O6S/c1-16-23(24(28-35-16)19-7-4-5-8-20(19)26)25(30)27-10-6-12-36(31,32)29-11-9-17-13-21(33-2)22(34-3)14-18(17)15-29/h4-5,7-8,13-14H,6,9-12,15H2,1-3H3,(H,27,30). The van der Waals surface area contributed by atoms with Gasteiger partial charge in [0.1, 0.15) is 17.0 Å².